The largest absolute Gasteiger partial charge is 0.346 e. The van der Waals surface area contributed by atoms with Crippen molar-refractivity contribution in [2.45, 2.75) is 96.6 Å². The van der Waals surface area contributed by atoms with Gasteiger partial charge in [-0.3, -0.25) is 0 Å². The van der Waals surface area contributed by atoms with Crippen LogP contribution in [0.1, 0.15) is 91.0 Å². The summed E-state index contributed by atoms with van der Waals surface area (Å²) >= 11 is 0. The van der Waals surface area contributed by atoms with E-state index >= 15 is 0 Å². The van der Waals surface area contributed by atoms with Crippen molar-refractivity contribution in [3.8, 4) is 0 Å². The fourth-order valence-corrected chi connectivity index (χ4v) is 15.3. The Balaban J connectivity index is 1.08. The standard InChI is InChI=1S/C70H67BN6/c1-10-70(47-72-59-41-26-27-42-60(59)73(67(72,4)5)48-29-16-11-17-30-48)54-40-28-39-53-65(54)71(58-46-64-62(44-56(58)70)75(50-33-20-13-21-34-50)69(8,9)77(64)52-37-24-15-25-38-52)57-45-63-61(43-55(57)66(53,2)3)74(49-31-18-12-19-32-49)68(6,7)76(63)51-35-22-14-23-36-51/h11-46H,10,47H2,1-9H3. The molecule has 0 saturated heterocycles. The van der Waals surface area contributed by atoms with Crippen molar-refractivity contribution in [1.82, 2.24) is 0 Å². The number of hydrogen-bond acceptors (Lipinski definition) is 6. The summed E-state index contributed by atoms with van der Waals surface area (Å²) < 4.78 is 0. The lowest BCUT2D eigenvalue weighted by molar-refractivity contribution is 0.413. The van der Waals surface area contributed by atoms with Crippen LogP contribution in [0.4, 0.5) is 62.6 Å². The first kappa shape index (κ1) is 47.3. The quantitative estimate of drug-likeness (QED) is 0.140. The van der Waals surface area contributed by atoms with E-state index in [1.807, 2.05) is 0 Å². The summed E-state index contributed by atoms with van der Waals surface area (Å²) in [5.41, 5.74) is 21.1. The van der Waals surface area contributed by atoms with E-state index < -0.39 is 22.4 Å². The van der Waals surface area contributed by atoms with Gasteiger partial charge in [-0.05, 0) is 167 Å². The zero-order valence-electron chi connectivity index (χ0n) is 46.0. The predicted molar refractivity (Wildman–Crippen MR) is 326 cm³/mol. The van der Waals surface area contributed by atoms with Crippen LogP contribution in [0, 0.1) is 0 Å². The fourth-order valence-electron chi connectivity index (χ4n) is 15.3. The van der Waals surface area contributed by atoms with Gasteiger partial charge in [-0.25, -0.2) is 0 Å². The van der Waals surface area contributed by atoms with Gasteiger partial charge >= 0.3 is 0 Å². The highest BCUT2D eigenvalue weighted by Crippen LogP contribution is 2.58. The number of fused-ring (bicyclic) bond motifs is 7. The van der Waals surface area contributed by atoms with E-state index in [0.29, 0.717) is 0 Å². The topological polar surface area (TPSA) is 19.4 Å². The van der Waals surface area contributed by atoms with Crippen LogP contribution in [0.5, 0.6) is 0 Å². The smallest absolute Gasteiger partial charge is 0.243 e. The first-order valence-electron chi connectivity index (χ1n) is 27.8. The summed E-state index contributed by atoms with van der Waals surface area (Å²) in [4.78, 5) is 15.7. The van der Waals surface area contributed by atoms with Crippen LogP contribution in [0.25, 0.3) is 0 Å². The lowest BCUT2D eigenvalue weighted by Crippen LogP contribution is -2.69. The summed E-state index contributed by atoms with van der Waals surface area (Å²) in [5, 5.41) is 0. The molecular formula is C70H67BN6. The first-order valence-corrected chi connectivity index (χ1v) is 27.8. The first-order chi connectivity index (χ1) is 37.2. The zero-order valence-corrected chi connectivity index (χ0v) is 46.0. The maximum atomic E-state index is 2.75. The average Bonchev–Trinajstić information content (AvgIpc) is 4.17. The van der Waals surface area contributed by atoms with E-state index in [4.69, 9.17) is 0 Å². The average molecular weight is 1000 g/mol. The monoisotopic (exact) mass is 1000 g/mol. The molecule has 5 aliphatic rings. The van der Waals surface area contributed by atoms with Crippen LogP contribution in [-0.2, 0) is 10.8 Å². The van der Waals surface area contributed by atoms with E-state index in [0.717, 1.165) is 13.0 Å². The van der Waals surface area contributed by atoms with Crippen molar-refractivity contribution in [1.29, 1.82) is 0 Å². The Bertz CT molecular complexity index is 3770. The molecule has 6 nitrogen and oxygen atoms in total. The molecule has 9 aromatic carbocycles. The Morgan fingerprint density at radius 3 is 1.10 bits per heavy atom. The summed E-state index contributed by atoms with van der Waals surface area (Å²) in [7, 11) is 0. The van der Waals surface area contributed by atoms with E-state index in [1.165, 1.54) is 101 Å². The molecule has 14 rings (SSSR count). The minimum Gasteiger partial charge on any atom is -0.346 e. The predicted octanol–water partition coefficient (Wildman–Crippen LogP) is 15.3. The Morgan fingerprint density at radius 1 is 0.325 bits per heavy atom. The normalized spacial score (nSPS) is 19.4. The van der Waals surface area contributed by atoms with Gasteiger partial charge in [0.15, 0.2) is 0 Å². The maximum Gasteiger partial charge on any atom is 0.243 e. The minimum atomic E-state index is -0.468. The lowest BCUT2D eigenvalue weighted by Gasteiger charge is -2.52. The highest BCUT2D eigenvalue weighted by Gasteiger charge is 2.57. The van der Waals surface area contributed by atoms with E-state index in [1.54, 1.807) is 0 Å². The lowest BCUT2D eigenvalue weighted by atomic mass is 9.27. The van der Waals surface area contributed by atoms with Crippen LogP contribution in [0.3, 0.4) is 0 Å². The number of benzene rings is 9. The maximum absolute atomic E-state index is 2.75. The SMILES string of the molecule is CCC1(CN2c3ccccc3N(c3ccccc3)C2(C)C)c2cc3c(cc2B2c4cc5c(cc4C(C)(C)c4cccc1c42)N(c1ccccc1)C(C)(C)N5c1ccccc1)N(c1ccccc1)C(C)(C)N3c1ccccc1. The Labute approximate surface area is 456 Å². The number of para-hydroxylation sites is 7. The van der Waals surface area contributed by atoms with Crippen molar-refractivity contribution >= 4 is 85.7 Å². The van der Waals surface area contributed by atoms with Crippen molar-refractivity contribution < 1.29 is 0 Å². The molecule has 5 heterocycles. The number of rotatable bonds is 8. The third kappa shape index (κ3) is 6.49. The molecule has 0 aliphatic carbocycles. The molecule has 0 bridgehead atoms. The summed E-state index contributed by atoms with van der Waals surface area (Å²) in [5.74, 6) is 0. The van der Waals surface area contributed by atoms with Gasteiger partial charge in [0.05, 0.1) is 34.1 Å². The molecule has 1 unspecified atom stereocenters. The fraction of sp³-hybridized carbons (Fsp3) is 0.229. The molecule has 0 aromatic heterocycles. The van der Waals surface area contributed by atoms with E-state index in [9.17, 15) is 0 Å². The van der Waals surface area contributed by atoms with Crippen LogP contribution >= 0.6 is 0 Å². The van der Waals surface area contributed by atoms with E-state index in [2.05, 4.69) is 310 Å². The summed E-state index contributed by atoms with van der Waals surface area (Å²) in [6, 6.07) is 82.3. The van der Waals surface area contributed by atoms with Gasteiger partial charge < -0.3 is 29.4 Å². The van der Waals surface area contributed by atoms with E-state index in [-0.39, 0.29) is 12.1 Å². The molecule has 0 radical (unpaired) electrons. The third-order valence-electron chi connectivity index (χ3n) is 18.6. The highest BCUT2D eigenvalue weighted by atomic mass is 15.5. The summed E-state index contributed by atoms with van der Waals surface area (Å²) in [6.07, 6.45) is 0.901. The van der Waals surface area contributed by atoms with Crippen LogP contribution in [-0.4, -0.2) is 30.2 Å². The van der Waals surface area contributed by atoms with Crippen molar-refractivity contribution in [2.75, 3.05) is 35.9 Å². The second-order valence-electron chi connectivity index (χ2n) is 24.0. The number of hydrogen-bond donors (Lipinski definition) is 0. The molecule has 0 fully saturated rings. The Hall–Kier alpha value is -8.16. The minimum absolute atomic E-state index is 0.0489. The van der Waals surface area contributed by atoms with Crippen LogP contribution in [0.15, 0.2) is 218 Å². The molecule has 5 aliphatic heterocycles. The molecular weight excluding hydrogens is 936 g/mol. The van der Waals surface area contributed by atoms with Gasteiger partial charge in [0.2, 0.25) is 6.71 Å². The Morgan fingerprint density at radius 2 is 0.675 bits per heavy atom. The second-order valence-corrected chi connectivity index (χ2v) is 24.0. The van der Waals surface area contributed by atoms with Crippen LogP contribution < -0.4 is 45.8 Å². The van der Waals surface area contributed by atoms with Gasteiger partial charge in [0.1, 0.15) is 17.0 Å². The molecule has 7 heteroatoms. The molecule has 0 amide bonds. The molecule has 0 N–H and O–H groups in total. The van der Waals surface area contributed by atoms with Crippen molar-refractivity contribution in [3.05, 3.63) is 241 Å². The highest BCUT2D eigenvalue weighted by molar-refractivity contribution is 6.97. The summed E-state index contributed by atoms with van der Waals surface area (Å²) in [6.45, 7) is 22.6. The van der Waals surface area contributed by atoms with Crippen molar-refractivity contribution in [2.24, 2.45) is 0 Å². The number of anilines is 11. The molecule has 0 spiro atoms. The second kappa shape index (κ2) is 16.7. The number of nitrogens with zero attached hydrogens (tertiary/aromatic N) is 6. The molecule has 77 heavy (non-hydrogen) atoms. The molecule has 1 atom stereocenters. The van der Waals surface area contributed by atoms with Crippen molar-refractivity contribution in [3.63, 3.8) is 0 Å². The van der Waals surface area contributed by atoms with Gasteiger partial charge in [0.25, 0.3) is 0 Å². The molecule has 9 aromatic rings. The van der Waals surface area contributed by atoms with Gasteiger partial charge in [-0.1, -0.05) is 158 Å². The Kier molecular flexibility index (Phi) is 10.2. The van der Waals surface area contributed by atoms with Gasteiger partial charge in [-0.15, -0.1) is 0 Å². The third-order valence-corrected chi connectivity index (χ3v) is 18.6. The van der Waals surface area contributed by atoms with Gasteiger partial charge in [0, 0.05) is 45.8 Å². The zero-order chi connectivity index (χ0) is 52.8. The molecule has 0 saturated carbocycles. The van der Waals surface area contributed by atoms with Crippen LogP contribution in [0.2, 0.25) is 0 Å². The molecule has 380 valence electrons. The van der Waals surface area contributed by atoms with Gasteiger partial charge in [-0.2, -0.15) is 0 Å².